The fourth-order valence-corrected chi connectivity index (χ4v) is 3.99. The predicted molar refractivity (Wildman–Crippen MR) is 77.1 cm³/mol. The summed E-state index contributed by atoms with van der Waals surface area (Å²) in [6.45, 7) is 7.76. The van der Waals surface area contributed by atoms with Crippen LogP contribution in [0.3, 0.4) is 0 Å². The normalized spacial score (nSPS) is 29.1. The van der Waals surface area contributed by atoms with Crippen LogP contribution in [0.25, 0.3) is 0 Å². The highest BCUT2D eigenvalue weighted by Gasteiger charge is 2.39. The van der Waals surface area contributed by atoms with Gasteiger partial charge in [0.1, 0.15) is 0 Å². The van der Waals surface area contributed by atoms with Gasteiger partial charge in [-0.05, 0) is 31.7 Å². The van der Waals surface area contributed by atoms with Gasteiger partial charge in [-0.25, -0.2) is 4.98 Å². The Balaban J connectivity index is 1.87. The topological polar surface area (TPSA) is 47.1 Å². The third-order valence-electron chi connectivity index (χ3n) is 5.06. The lowest BCUT2D eigenvalue weighted by molar-refractivity contribution is 0.285. The quantitative estimate of drug-likeness (QED) is 0.902. The Labute approximate surface area is 116 Å². The fraction of sp³-hybridized carbons (Fsp3) is 0.800. The van der Waals surface area contributed by atoms with E-state index in [0.717, 1.165) is 6.04 Å². The minimum atomic E-state index is 0.429. The highest BCUT2D eigenvalue weighted by atomic mass is 15.3. The van der Waals surface area contributed by atoms with E-state index in [2.05, 4.69) is 28.3 Å². The number of nitrogens with zero attached hydrogens (tertiary/aromatic N) is 3. The Morgan fingerprint density at radius 3 is 2.89 bits per heavy atom. The van der Waals surface area contributed by atoms with E-state index in [-0.39, 0.29) is 0 Å². The van der Waals surface area contributed by atoms with Crippen molar-refractivity contribution in [2.24, 2.45) is 11.7 Å². The summed E-state index contributed by atoms with van der Waals surface area (Å²) >= 11 is 0. The Morgan fingerprint density at radius 1 is 1.32 bits per heavy atom. The van der Waals surface area contributed by atoms with Gasteiger partial charge in [0.05, 0.1) is 12.4 Å². The summed E-state index contributed by atoms with van der Waals surface area (Å²) in [7, 11) is 0. The number of rotatable bonds is 4. The van der Waals surface area contributed by atoms with Crippen LogP contribution in [0, 0.1) is 5.92 Å². The molecule has 2 N–H and O–H groups in total. The van der Waals surface area contributed by atoms with Crippen LogP contribution >= 0.6 is 0 Å². The molecule has 3 unspecified atom stereocenters. The maximum absolute atomic E-state index is 5.99. The lowest BCUT2D eigenvalue weighted by Gasteiger charge is -2.27. The van der Waals surface area contributed by atoms with E-state index in [1.165, 1.54) is 38.0 Å². The van der Waals surface area contributed by atoms with Crippen molar-refractivity contribution in [2.45, 2.75) is 51.1 Å². The van der Waals surface area contributed by atoms with Crippen molar-refractivity contribution in [1.29, 1.82) is 0 Å². The molecular formula is C15H26N4. The molecule has 2 aliphatic heterocycles. The smallest absolute Gasteiger partial charge is 0.0951 e. The van der Waals surface area contributed by atoms with Gasteiger partial charge in [-0.1, -0.05) is 13.8 Å². The molecule has 2 fully saturated rings. The summed E-state index contributed by atoms with van der Waals surface area (Å²) in [6, 6.07) is 1.35. The number of aromatic nitrogens is 2. The van der Waals surface area contributed by atoms with Gasteiger partial charge in [-0.3, -0.25) is 4.90 Å². The monoisotopic (exact) mass is 262 g/mol. The second-order valence-electron chi connectivity index (χ2n) is 6.41. The number of hydrogen-bond acceptors (Lipinski definition) is 3. The van der Waals surface area contributed by atoms with Crippen molar-refractivity contribution >= 4 is 0 Å². The number of imidazole rings is 1. The van der Waals surface area contributed by atoms with Gasteiger partial charge in [0.25, 0.3) is 0 Å². The average molecular weight is 262 g/mol. The fourth-order valence-electron chi connectivity index (χ4n) is 3.99. The number of fused-ring (bicyclic) bond motifs is 1. The first kappa shape index (κ1) is 13.1. The Bertz CT molecular complexity index is 426. The van der Waals surface area contributed by atoms with Gasteiger partial charge >= 0.3 is 0 Å². The Hall–Kier alpha value is -0.870. The number of nitrogens with two attached hydrogens (primary N) is 1. The highest BCUT2D eigenvalue weighted by Crippen LogP contribution is 2.38. The predicted octanol–water partition coefficient (Wildman–Crippen LogP) is 1.99. The molecule has 0 bridgehead atoms. The molecule has 0 saturated carbocycles. The van der Waals surface area contributed by atoms with Crippen LogP contribution in [0.4, 0.5) is 0 Å². The van der Waals surface area contributed by atoms with Crippen molar-refractivity contribution in [1.82, 2.24) is 14.5 Å². The molecule has 19 heavy (non-hydrogen) atoms. The molecule has 0 aliphatic carbocycles. The molecule has 0 radical (unpaired) electrons. The molecule has 4 nitrogen and oxygen atoms in total. The van der Waals surface area contributed by atoms with Crippen molar-refractivity contribution in [2.75, 3.05) is 19.6 Å². The molecule has 106 valence electrons. The highest BCUT2D eigenvalue weighted by molar-refractivity contribution is 5.12. The zero-order chi connectivity index (χ0) is 13.4. The second kappa shape index (κ2) is 5.25. The Kier molecular flexibility index (Phi) is 3.63. The average Bonchev–Trinajstić information content (AvgIpc) is 3.03. The maximum Gasteiger partial charge on any atom is 0.0951 e. The van der Waals surface area contributed by atoms with Gasteiger partial charge in [-0.2, -0.15) is 0 Å². The van der Waals surface area contributed by atoms with Crippen LogP contribution in [-0.4, -0.2) is 40.1 Å². The lowest BCUT2D eigenvalue weighted by Crippen LogP contribution is -2.29. The molecule has 1 aromatic heterocycles. The maximum atomic E-state index is 5.99. The van der Waals surface area contributed by atoms with Crippen molar-refractivity contribution < 1.29 is 0 Å². The summed E-state index contributed by atoms with van der Waals surface area (Å²) in [5.74, 6) is 1.000. The summed E-state index contributed by atoms with van der Waals surface area (Å²) in [5.41, 5.74) is 7.33. The zero-order valence-electron chi connectivity index (χ0n) is 12.1. The van der Waals surface area contributed by atoms with Gasteiger partial charge < -0.3 is 10.3 Å². The van der Waals surface area contributed by atoms with E-state index in [1.807, 2.05) is 12.5 Å². The molecule has 0 spiro atoms. The van der Waals surface area contributed by atoms with Crippen LogP contribution < -0.4 is 5.73 Å². The molecule has 2 saturated heterocycles. The molecule has 0 amide bonds. The van der Waals surface area contributed by atoms with Gasteiger partial charge in [0.15, 0.2) is 0 Å². The Morgan fingerprint density at radius 2 is 2.16 bits per heavy atom. The van der Waals surface area contributed by atoms with E-state index in [1.54, 1.807) is 0 Å². The minimum Gasteiger partial charge on any atom is -0.330 e. The van der Waals surface area contributed by atoms with Crippen LogP contribution in [0.1, 0.15) is 50.8 Å². The third kappa shape index (κ3) is 2.21. The van der Waals surface area contributed by atoms with E-state index in [4.69, 9.17) is 5.73 Å². The van der Waals surface area contributed by atoms with Crippen LogP contribution in [0.2, 0.25) is 0 Å². The minimum absolute atomic E-state index is 0.429. The van der Waals surface area contributed by atoms with Crippen LogP contribution in [0.15, 0.2) is 12.5 Å². The van der Waals surface area contributed by atoms with Crippen molar-refractivity contribution in [3.8, 4) is 0 Å². The molecular weight excluding hydrogens is 236 g/mol. The molecule has 2 aliphatic rings. The van der Waals surface area contributed by atoms with Gasteiger partial charge in [0, 0.05) is 36.9 Å². The molecule has 0 aromatic carbocycles. The standard InChI is InChI=1S/C15H26N4/c1-11(2)12(8-16)15-9-17-10-19(15)14-5-7-18-6-3-4-13(14)18/h9-14H,3-8,16H2,1-2H3. The summed E-state index contributed by atoms with van der Waals surface area (Å²) in [4.78, 5) is 7.08. The molecule has 4 heteroatoms. The summed E-state index contributed by atoms with van der Waals surface area (Å²) < 4.78 is 2.44. The first-order chi connectivity index (χ1) is 9.22. The van der Waals surface area contributed by atoms with Gasteiger partial charge in [0.2, 0.25) is 0 Å². The van der Waals surface area contributed by atoms with E-state index in [9.17, 15) is 0 Å². The van der Waals surface area contributed by atoms with Gasteiger partial charge in [-0.15, -0.1) is 0 Å². The van der Waals surface area contributed by atoms with Crippen LogP contribution in [-0.2, 0) is 0 Å². The molecule has 1 aromatic rings. The number of hydrogen-bond donors (Lipinski definition) is 1. The van der Waals surface area contributed by atoms with E-state index < -0.39 is 0 Å². The zero-order valence-corrected chi connectivity index (χ0v) is 12.1. The van der Waals surface area contributed by atoms with E-state index in [0.29, 0.717) is 24.4 Å². The van der Waals surface area contributed by atoms with Crippen molar-refractivity contribution in [3.05, 3.63) is 18.2 Å². The molecule has 3 rings (SSSR count). The van der Waals surface area contributed by atoms with E-state index >= 15 is 0 Å². The third-order valence-corrected chi connectivity index (χ3v) is 5.06. The first-order valence-corrected chi connectivity index (χ1v) is 7.68. The van der Waals surface area contributed by atoms with Crippen LogP contribution in [0.5, 0.6) is 0 Å². The lowest BCUT2D eigenvalue weighted by atomic mass is 9.92. The summed E-state index contributed by atoms with van der Waals surface area (Å²) in [5, 5.41) is 0. The summed E-state index contributed by atoms with van der Waals surface area (Å²) in [6.07, 6.45) is 8.04. The largest absolute Gasteiger partial charge is 0.330 e. The first-order valence-electron chi connectivity index (χ1n) is 7.68. The molecule has 3 atom stereocenters. The SMILES string of the molecule is CC(C)C(CN)c1cncn1C1CCN2CCCC12. The second-order valence-corrected chi connectivity index (χ2v) is 6.41. The molecule has 3 heterocycles. The van der Waals surface area contributed by atoms with Crippen molar-refractivity contribution in [3.63, 3.8) is 0 Å².